The Morgan fingerprint density at radius 1 is 0.686 bits per heavy atom. The Balaban J connectivity index is 1.86. The molecule has 0 N–H and O–H groups in total. The van der Waals surface area contributed by atoms with Crippen molar-refractivity contribution in [1.29, 1.82) is 0 Å². The van der Waals surface area contributed by atoms with Gasteiger partial charge in [-0.1, -0.05) is 118 Å². The van der Waals surface area contributed by atoms with Crippen LogP contribution < -0.4 is 0 Å². The Kier molecular flexibility index (Phi) is 5.92. The Hall–Kier alpha value is -4.24. The molecule has 2 aromatic heterocycles. The second kappa shape index (κ2) is 9.19. The summed E-state index contributed by atoms with van der Waals surface area (Å²) in [4.78, 5) is 19.2. The van der Waals surface area contributed by atoms with E-state index in [4.69, 9.17) is 4.98 Å². The fraction of sp³-hybridized carbons (Fsp3) is 0.125. The fourth-order valence-corrected chi connectivity index (χ4v) is 4.32. The molecule has 0 bridgehead atoms. The molecule has 0 saturated heterocycles. The molecule has 0 amide bonds. The molecular weight excluding hydrogens is 428 g/mol. The predicted molar refractivity (Wildman–Crippen MR) is 143 cm³/mol. The van der Waals surface area contributed by atoms with Crippen molar-refractivity contribution in [2.75, 3.05) is 0 Å². The number of hydrogen-bond donors (Lipinski definition) is 0. The van der Waals surface area contributed by atoms with Gasteiger partial charge in [-0.05, 0) is 29.3 Å². The lowest BCUT2D eigenvalue weighted by Crippen LogP contribution is -2.17. The molecule has 0 aliphatic heterocycles. The van der Waals surface area contributed by atoms with E-state index in [1.807, 2.05) is 89.5 Å². The van der Waals surface area contributed by atoms with Crippen LogP contribution in [0.2, 0.25) is 0 Å². The van der Waals surface area contributed by atoms with Crippen LogP contribution in [0.4, 0.5) is 0 Å². The standard InChI is InChI=1S/C32H28N2O/c1-32(2,3)28-20-13-21-29(33-28)34-27(24-16-9-5-10-17-24)22-26(23-14-7-4-8-15-23)30(34)31(35)25-18-11-6-12-19-25/h4-22H,1-3H3. The van der Waals surface area contributed by atoms with E-state index >= 15 is 0 Å². The molecule has 3 nitrogen and oxygen atoms in total. The number of hydrogen-bond acceptors (Lipinski definition) is 2. The quantitative estimate of drug-likeness (QED) is 0.254. The number of aromatic nitrogens is 2. The van der Waals surface area contributed by atoms with Crippen LogP contribution in [0.5, 0.6) is 0 Å². The monoisotopic (exact) mass is 456 g/mol. The van der Waals surface area contributed by atoms with Gasteiger partial charge < -0.3 is 0 Å². The highest BCUT2D eigenvalue weighted by Gasteiger charge is 2.26. The van der Waals surface area contributed by atoms with Crippen LogP contribution in [0.15, 0.2) is 115 Å². The average molecular weight is 457 g/mol. The number of benzene rings is 3. The Morgan fingerprint density at radius 2 is 1.26 bits per heavy atom. The lowest BCUT2D eigenvalue weighted by Gasteiger charge is -2.20. The maximum absolute atomic E-state index is 14.1. The average Bonchev–Trinajstić information content (AvgIpc) is 3.30. The molecule has 2 heterocycles. The molecule has 0 aliphatic carbocycles. The van der Waals surface area contributed by atoms with Crippen molar-refractivity contribution < 1.29 is 4.79 Å². The smallest absolute Gasteiger partial charge is 0.210 e. The summed E-state index contributed by atoms with van der Waals surface area (Å²) < 4.78 is 2.03. The molecule has 5 aromatic rings. The van der Waals surface area contributed by atoms with Crippen molar-refractivity contribution in [3.63, 3.8) is 0 Å². The van der Waals surface area contributed by atoms with Gasteiger partial charge in [0.15, 0.2) is 0 Å². The second-order valence-corrected chi connectivity index (χ2v) is 9.69. The molecule has 35 heavy (non-hydrogen) atoms. The van der Waals surface area contributed by atoms with Crippen LogP contribution >= 0.6 is 0 Å². The van der Waals surface area contributed by atoms with E-state index in [0.29, 0.717) is 11.3 Å². The summed E-state index contributed by atoms with van der Waals surface area (Å²) in [5, 5.41) is 0. The summed E-state index contributed by atoms with van der Waals surface area (Å²) in [5.41, 5.74) is 5.96. The minimum absolute atomic E-state index is 0.0328. The van der Waals surface area contributed by atoms with Gasteiger partial charge in [0.1, 0.15) is 11.5 Å². The maximum atomic E-state index is 14.1. The lowest BCUT2D eigenvalue weighted by molar-refractivity contribution is 0.103. The SMILES string of the molecule is CC(C)(C)c1cccc(-n2c(-c3ccccc3)cc(-c3ccccc3)c2C(=O)c2ccccc2)n1. The van der Waals surface area contributed by atoms with Crippen molar-refractivity contribution in [2.24, 2.45) is 0 Å². The van der Waals surface area contributed by atoms with Crippen molar-refractivity contribution in [1.82, 2.24) is 9.55 Å². The zero-order chi connectivity index (χ0) is 24.4. The van der Waals surface area contributed by atoms with Gasteiger partial charge in [-0.25, -0.2) is 4.98 Å². The van der Waals surface area contributed by atoms with E-state index in [0.717, 1.165) is 33.9 Å². The molecule has 0 spiro atoms. The van der Waals surface area contributed by atoms with Gasteiger partial charge in [-0.2, -0.15) is 0 Å². The number of nitrogens with zero attached hydrogens (tertiary/aromatic N) is 2. The summed E-state index contributed by atoms with van der Waals surface area (Å²) in [5.74, 6) is 0.701. The van der Waals surface area contributed by atoms with Crippen LogP contribution in [-0.2, 0) is 5.41 Å². The third-order valence-corrected chi connectivity index (χ3v) is 6.14. The highest BCUT2D eigenvalue weighted by Crippen LogP contribution is 2.36. The molecule has 5 rings (SSSR count). The molecule has 0 unspecified atom stereocenters. The topological polar surface area (TPSA) is 34.9 Å². The summed E-state index contributed by atoms with van der Waals surface area (Å²) in [6.45, 7) is 6.45. The van der Waals surface area contributed by atoms with E-state index in [1.54, 1.807) is 0 Å². The first kappa shape index (κ1) is 22.5. The van der Waals surface area contributed by atoms with Gasteiger partial charge >= 0.3 is 0 Å². The minimum atomic E-state index is -0.123. The van der Waals surface area contributed by atoms with E-state index in [9.17, 15) is 4.79 Å². The minimum Gasteiger partial charge on any atom is -0.290 e. The number of carbonyl (C=O) groups is 1. The van der Waals surface area contributed by atoms with Gasteiger partial charge in [0.05, 0.1) is 5.69 Å². The first-order valence-corrected chi connectivity index (χ1v) is 11.9. The van der Waals surface area contributed by atoms with Gasteiger partial charge in [0.2, 0.25) is 5.78 Å². The zero-order valence-corrected chi connectivity index (χ0v) is 20.3. The van der Waals surface area contributed by atoms with Crippen molar-refractivity contribution >= 4 is 5.78 Å². The summed E-state index contributed by atoms with van der Waals surface area (Å²) in [6, 6.07) is 37.9. The van der Waals surface area contributed by atoms with Gasteiger partial charge in [-0.15, -0.1) is 0 Å². The molecule has 3 aromatic carbocycles. The van der Waals surface area contributed by atoms with Crippen LogP contribution in [-0.4, -0.2) is 15.3 Å². The summed E-state index contributed by atoms with van der Waals surface area (Å²) in [6.07, 6.45) is 0. The molecule has 172 valence electrons. The predicted octanol–water partition coefficient (Wildman–Crippen LogP) is 7.73. The largest absolute Gasteiger partial charge is 0.290 e. The molecule has 0 aliphatic rings. The van der Waals surface area contributed by atoms with Gasteiger partial charge in [-0.3, -0.25) is 9.36 Å². The van der Waals surface area contributed by atoms with Crippen LogP contribution in [0.1, 0.15) is 42.5 Å². The van der Waals surface area contributed by atoms with Crippen molar-refractivity contribution in [2.45, 2.75) is 26.2 Å². The van der Waals surface area contributed by atoms with Crippen molar-refractivity contribution in [3.8, 4) is 28.2 Å². The molecule has 0 radical (unpaired) electrons. The lowest BCUT2D eigenvalue weighted by atomic mass is 9.92. The molecular formula is C32H28N2O. The highest BCUT2D eigenvalue weighted by molar-refractivity contribution is 6.13. The van der Waals surface area contributed by atoms with E-state index < -0.39 is 0 Å². The number of pyridine rings is 1. The number of carbonyl (C=O) groups excluding carboxylic acids is 1. The second-order valence-electron chi connectivity index (χ2n) is 9.69. The summed E-state index contributed by atoms with van der Waals surface area (Å²) in [7, 11) is 0. The molecule has 3 heteroatoms. The maximum Gasteiger partial charge on any atom is 0.210 e. The Labute approximate surface area is 206 Å². The normalized spacial score (nSPS) is 11.4. The molecule has 0 atom stereocenters. The molecule has 0 saturated carbocycles. The third kappa shape index (κ3) is 4.45. The first-order valence-electron chi connectivity index (χ1n) is 11.9. The first-order chi connectivity index (χ1) is 16.9. The van der Waals surface area contributed by atoms with Crippen LogP contribution in [0.3, 0.4) is 0 Å². The Morgan fingerprint density at radius 3 is 1.86 bits per heavy atom. The number of ketones is 1. The van der Waals surface area contributed by atoms with E-state index in [1.165, 1.54) is 0 Å². The zero-order valence-electron chi connectivity index (χ0n) is 20.3. The Bertz CT molecular complexity index is 1460. The fourth-order valence-electron chi connectivity index (χ4n) is 4.32. The van der Waals surface area contributed by atoms with Crippen LogP contribution in [0.25, 0.3) is 28.2 Å². The summed E-state index contributed by atoms with van der Waals surface area (Å²) >= 11 is 0. The van der Waals surface area contributed by atoms with Crippen LogP contribution in [0, 0.1) is 0 Å². The van der Waals surface area contributed by atoms with E-state index in [-0.39, 0.29) is 11.2 Å². The van der Waals surface area contributed by atoms with Gasteiger partial charge in [0, 0.05) is 22.2 Å². The molecule has 0 fully saturated rings. The number of rotatable bonds is 5. The van der Waals surface area contributed by atoms with E-state index in [2.05, 4.69) is 51.1 Å². The van der Waals surface area contributed by atoms with Crippen molar-refractivity contribution in [3.05, 3.63) is 132 Å². The van der Waals surface area contributed by atoms with Gasteiger partial charge in [0.25, 0.3) is 0 Å². The highest BCUT2D eigenvalue weighted by atomic mass is 16.1. The third-order valence-electron chi connectivity index (χ3n) is 6.14.